The van der Waals surface area contributed by atoms with E-state index in [4.69, 9.17) is 10.00 Å². The van der Waals surface area contributed by atoms with Gasteiger partial charge in [-0.1, -0.05) is 0 Å². The second-order valence-electron chi connectivity index (χ2n) is 5.57. The lowest BCUT2D eigenvalue weighted by Gasteiger charge is -2.45. The van der Waals surface area contributed by atoms with E-state index in [1.165, 1.54) is 22.6 Å². The SMILES string of the molecule is CN1CCO[C@H]2CCN(S(=O)(=O)c3cccnc3C#N)C[C@H]21. The van der Waals surface area contributed by atoms with E-state index in [2.05, 4.69) is 9.88 Å². The van der Waals surface area contributed by atoms with Crippen LogP contribution in [0.15, 0.2) is 23.2 Å². The number of ether oxygens (including phenoxy) is 1. The highest BCUT2D eigenvalue weighted by Gasteiger charge is 2.40. The van der Waals surface area contributed by atoms with Crippen LogP contribution in [-0.4, -0.2) is 68.0 Å². The van der Waals surface area contributed by atoms with Gasteiger partial charge in [0.2, 0.25) is 10.0 Å². The van der Waals surface area contributed by atoms with Crippen molar-refractivity contribution < 1.29 is 13.2 Å². The molecule has 3 rings (SSSR count). The Morgan fingerprint density at radius 1 is 1.45 bits per heavy atom. The van der Waals surface area contributed by atoms with Crippen molar-refractivity contribution in [2.75, 3.05) is 33.3 Å². The first-order valence-corrected chi connectivity index (χ1v) is 8.65. The van der Waals surface area contributed by atoms with Crippen molar-refractivity contribution in [1.29, 1.82) is 5.26 Å². The number of rotatable bonds is 2. The molecule has 0 aromatic carbocycles. The number of aromatic nitrogens is 1. The zero-order valence-corrected chi connectivity index (χ0v) is 13.2. The summed E-state index contributed by atoms with van der Waals surface area (Å²) >= 11 is 0. The Morgan fingerprint density at radius 3 is 3.05 bits per heavy atom. The van der Waals surface area contributed by atoms with Gasteiger partial charge in [-0.05, 0) is 25.6 Å². The monoisotopic (exact) mass is 322 g/mol. The van der Waals surface area contributed by atoms with Gasteiger partial charge >= 0.3 is 0 Å². The molecule has 0 bridgehead atoms. The molecule has 0 unspecified atom stereocenters. The minimum atomic E-state index is -3.71. The second-order valence-corrected chi connectivity index (χ2v) is 7.48. The van der Waals surface area contributed by atoms with Gasteiger partial charge < -0.3 is 4.74 Å². The molecule has 0 amide bonds. The Labute approximate surface area is 130 Å². The Morgan fingerprint density at radius 2 is 2.27 bits per heavy atom. The lowest BCUT2D eigenvalue weighted by molar-refractivity contribution is -0.0840. The van der Waals surface area contributed by atoms with Crippen LogP contribution in [0.25, 0.3) is 0 Å². The maximum Gasteiger partial charge on any atom is 0.246 e. The van der Waals surface area contributed by atoms with E-state index >= 15 is 0 Å². The third-order valence-corrected chi connectivity index (χ3v) is 6.22. The molecule has 0 aliphatic carbocycles. The van der Waals surface area contributed by atoms with Crippen LogP contribution < -0.4 is 0 Å². The molecule has 118 valence electrons. The zero-order valence-electron chi connectivity index (χ0n) is 12.3. The van der Waals surface area contributed by atoms with Gasteiger partial charge in [0, 0.05) is 31.9 Å². The molecule has 22 heavy (non-hydrogen) atoms. The zero-order chi connectivity index (χ0) is 15.7. The van der Waals surface area contributed by atoms with E-state index in [1.807, 2.05) is 13.1 Å². The van der Waals surface area contributed by atoms with Crippen molar-refractivity contribution >= 4 is 10.0 Å². The summed E-state index contributed by atoms with van der Waals surface area (Å²) in [6.45, 7) is 2.26. The first-order chi connectivity index (χ1) is 10.5. The van der Waals surface area contributed by atoms with Crippen molar-refractivity contribution in [1.82, 2.24) is 14.2 Å². The molecule has 0 spiro atoms. The second kappa shape index (κ2) is 5.93. The van der Waals surface area contributed by atoms with Crippen LogP contribution in [-0.2, 0) is 14.8 Å². The molecule has 0 radical (unpaired) electrons. The lowest BCUT2D eigenvalue weighted by Crippen LogP contribution is -2.59. The van der Waals surface area contributed by atoms with Gasteiger partial charge in [-0.25, -0.2) is 13.4 Å². The number of hydrogen-bond acceptors (Lipinski definition) is 6. The summed E-state index contributed by atoms with van der Waals surface area (Å²) < 4.78 is 32.8. The van der Waals surface area contributed by atoms with E-state index in [0.717, 1.165) is 6.54 Å². The molecular formula is C14H18N4O3S. The van der Waals surface area contributed by atoms with Crippen LogP contribution in [0.2, 0.25) is 0 Å². The fourth-order valence-electron chi connectivity index (χ4n) is 3.05. The first-order valence-electron chi connectivity index (χ1n) is 7.21. The highest BCUT2D eigenvalue weighted by molar-refractivity contribution is 7.89. The van der Waals surface area contributed by atoms with E-state index in [0.29, 0.717) is 26.1 Å². The highest BCUT2D eigenvalue weighted by atomic mass is 32.2. The van der Waals surface area contributed by atoms with Crippen molar-refractivity contribution in [2.45, 2.75) is 23.5 Å². The predicted molar refractivity (Wildman–Crippen MR) is 78.5 cm³/mol. The number of nitrogens with zero attached hydrogens (tertiary/aromatic N) is 4. The average Bonchev–Trinajstić information content (AvgIpc) is 2.55. The van der Waals surface area contributed by atoms with Gasteiger partial charge in [-0.15, -0.1) is 0 Å². The first kappa shape index (κ1) is 15.4. The minimum absolute atomic E-state index is 0.0182. The van der Waals surface area contributed by atoms with Gasteiger partial charge in [0.25, 0.3) is 0 Å². The molecule has 0 N–H and O–H groups in total. The van der Waals surface area contributed by atoms with Crippen LogP contribution in [0.4, 0.5) is 0 Å². The third kappa shape index (κ3) is 2.61. The number of piperidine rings is 1. The molecule has 3 heterocycles. The van der Waals surface area contributed by atoms with E-state index in [9.17, 15) is 8.42 Å². The topological polar surface area (TPSA) is 86.5 Å². The van der Waals surface area contributed by atoms with Crippen LogP contribution in [0.5, 0.6) is 0 Å². The molecule has 2 aliphatic heterocycles. The molecule has 1 aromatic heterocycles. The fourth-order valence-corrected chi connectivity index (χ4v) is 4.62. The van der Waals surface area contributed by atoms with Gasteiger partial charge in [-0.3, -0.25) is 4.90 Å². The van der Waals surface area contributed by atoms with Crippen LogP contribution in [0.1, 0.15) is 12.1 Å². The maximum atomic E-state index is 12.8. The van der Waals surface area contributed by atoms with Gasteiger partial charge in [0.15, 0.2) is 5.69 Å². The van der Waals surface area contributed by atoms with Crippen molar-refractivity contribution in [2.24, 2.45) is 0 Å². The van der Waals surface area contributed by atoms with Crippen LogP contribution in [0, 0.1) is 11.3 Å². The van der Waals surface area contributed by atoms with E-state index < -0.39 is 10.0 Å². The summed E-state index contributed by atoms with van der Waals surface area (Å²) in [5, 5.41) is 9.09. The van der Waals surface area contributed by atoms with Crippen LogP contribution in [0.3, 0.4) is 0 Å². The van der Waals surface area contributed by atoms with Gasteiger partial charge in [0.05, 0.1) is 12.7 Å². The minimum Gasteiger partial charge on any atom is -0.375 e. The summed E-state index contributed by atoms with van der Waals surface area (Å²) in [4.78, 5) is 5.98. The lowest BCUT2D eigenvalue weighted by atomic mass is 10.0. The van der Waals surface area contributed by atoms with E-state index in [-0.39, 0.29) is 22.7 Å². The molecule has 7 nitrogen and oxygen atoms in total. The van der Waals surface area contributed by atoms with Crippen molar-refractivity contribution in [3.05, 3.63) is 24.0 Å². The number of likely N-dealkylation sites (N-methyl/N-ethyl adjacent to an activating group) is 1. The molecule has 2 atom stereocenters. The average molecular weight is 322 g/mol. The molecule has 2 saturated heterocycles. The Balaban J connectivity index is 1.89. The number of sulfonamides is 1. The number of pyridine rings is 1. The Hall–Kier alpha value is -1.53. The van der Waals surface area contributed by atoms with Gasteiger partial charge in [0.1, 0.15) is 11.0 Å². The largest absolute Gasteiger partial charge is 0.375 e. The fraction of sp³-hybridized carbons (Fsp3) is 0.571. The van der Waals surface area contributed by atoms with Crippen LogP contribution >= 0.6 is 0 Å². The highest BCUT2D eigenvalue weighted by Crippen LogP contribution is 2.27. The summed E-state index contributed by atoms with van der Waals surface area (Å²) in [6.07, 6.45) is 2.16. The summed E-state index contributed by atoms with van der Waals surface area (Å²) in [5.41, 5.74) is -0.0575. The molecule has 2 aliphatic rings. The summed E-state index contributed by atoms with van der Waals surface area (Å²) in [7, 11) is -1.73. The quantitative estimate of drug-likeness (QED) is 0.764. The number of hydrogen-bond donors (Lipinski definition) is 0. The normalized spacial score (nSPS) is 27.1. The standard InChI is InChI=1S/C14H18N4O3S/c1-17-7-8-21-13-4-6-18(10-12(13)17)22(19,20)14-3-2-5-16-11(14)9-15/h2-3,5,12-13H,4,6-8,10H2,1H3/t12-,13+/m1/s1. The number of morpholine rings is 1. The summed E-state index contributed by atoms with van der Waals surface area (Å²) in [6, 6.07) is 4.89. The molecule has 8 heteroatoms. The predicted octanol–water partition coefficient (Wildman–Crippen LogP) is 0.0469. The maximum absolute atomic E-state index is 12.8. The summed E-state index contributed by atoms with van der Waals surface area (Å²) in [5.74, 6) is 0. The Bertz CT molecular complexity index is 700. The Kier molecular flexibility index (Phi) is 4.14. The number of nitriles is 1. The van der Waals surface area contributed by atoms with E-state index in [1.54, 1.807) is 0 Å². The smallest absolute Gasteiger partial charge is 0.246 e. The molecule has 2 fully saturated rings. The molecule has 0 saturated carbocycles. The molecular weight excluding hydrogens is 304 g/mol. The molecule has 1 aromatic rings. The third-order valence-electron chi connectivity index (χ3n) is 4.32. The van der Waals surface area contributed by atoms with Gasteiger partial charge in [-0.2, -0.15) is 9.57 Å². The van der Waals surface area contributed by atoms with Crippen molar-refractivity contribution in [3.8, 4) is 6.07 Å². The van der Waals surface area contributed by atoms with Crippen molar-refractivity contribution in [3.63, 3.8) is 0 Å². The number of fused-ring (bicyclic) bond motifs is 1.